The summed E-state index contributed by atoms with van der Waals surface area (Å²) in [5.41, 5.74) is 5.31. The maximum atomic E-state index is 11.7. The Labute approximate surface area is 165 Å². The van der Waals surface area contributed by atoms with Crippen LogP contribution in [0.5, 0.6) is 0 Å². The summed E-state index contributed by atoms with van der Waals surface area (Å²) in [6, 6.07) is -1.01. The summed E-state index contributed by atoms with van der Waals surface area (Å²) in [4.78, 5) is 22.2. The quantitative estimate of drug-likeness (QED) is 0.274. The number of carbonyl (C=O) groups excluding carboxylic acids is 1. The fourth-order valence-electron chi connectivity index (χ4n) is 2.94. The molecule has 0 saturated carbocycles. The number of nitrogens with one attached hydrogen (secondary N) is 1. The van der Waals surface area contributed by atoms with Crippen LogP contribution >= 0.6 is 0 Å². The van der Waals surface area contributed by atoms with Crippen molar-refractivity contribution in [2.75, 3.05) is 19.8 Å². The van der Waals surface area contributed by atoms with Crippen molar-refractivity contribution >= 4 is 11.9 Å². The molecule has 160 valence electrons. The molecule has 1 amide bonds. The summed E-state index contributed by atoms with van der Waals surface area (Å²) >= 11 is 0. The van der Waals surface area contributed by atoms with Crippen molar-refractivity contribution in [3.05, 3.63) is 0 Å². The Morgan fingerprint density at radius 3 is 1.85 bits per heavy atom. The van der Waals surface area contributed by atoms with Gasteiger partial charge in [0.2, 0.25) is 5.91 Å². The zero-order valence-electron chi connectivity index (χ0n) is 17.3. The van der Waals surface area contributed by atoms with E-state index in [1.165, 1.54) is 70.6 Å². The van der Waals surface area contributed by atoms with E-state index >= 15 is 0 Å². The van der Waals surface area contributed by atoms with E-state index in [0.29, 0.717) is 13.0 Å². The lowest BCUT2D eigenvalue weighted by atomic mass is 10.0. The van der Waals surface area contributed by atoms with Gasteiger partial charge in [0, 0.05) is 13.0 Å². The van der Waals surface area contributed by atoms with Gasteiger partial charge < -0.3 is 20.9 Å². The van der Waals surface area contributed by atoms with Crippen molar-refractivity contribution in [2.24, 2.45) is 5.73 Å². The Kier molecular flexibility index (Phi) is 18.8. The highest BCUT2D eigenvalue weighted by molar-refractivity contribution is 5.75. The fraction of sp³-hybridized carbons (Fsp3) is 0.905. The molecule has 6 heteroatoms. The van der Waals surface area contributed by atoms with Crippen LogP contribution in [-0.2, 0) is 14.3 Å². The number of rotatable bonds is 20. The Morgan fingerprint density at radius 2 is 1.37 bits per heavy atom. The molecule has 27 heavy (non-hydrogen) atoms. The molecule has 0 aromatic heterocycles. The second-order valence-corrected chi connectivity index (χ2v) is 7.36. The minimum atomic E-state index is -1.08. The van der Waals surface area contributed by atoms with Crippen LogP contribution in [0.2, 0.25) is 0 Å². The van der Waals surface area contributed by atoms with Gasteiger partial charge in [0.25, 0.3) is 0 Å². The largest absolute Gasteiger partial charge is 0.480 e. The van der Waals surface area contributed by atoms with E-state index in [1.54, 1.807) is 0 Å². The van der Waals surface area contributed by atoms with Crippen LogP contribution in [0.15, 0.2) is 0 Å². The number of aliphatic carboxylic acids is 1. The van der Waals surface area contributed by atoms with Crippen LogP contribution in [0.25, 0.3) is 0 Å². The molecule has 0 bridgehead atoms. The summed E-state index contributed by atoms with van der Waals surface area (Å²) in [7, 11) is 0. The molecule has 1 atom stereocenters. The highest BCUT2D eigenvalue weighted by Crippen LogP contribution is 2.12. The van der Waals surface area contributed by atoms with Crippen molar-refractivity contribution < 1.29 is 19.4 Å². The number of nitrogens with two attached hydrogens (primary N) is 1. The minimum Gasteiger partial charge on any atom is -0.480 e. The SMILES string of the molecule is CCCCCCCCCCCCCCCC(=O)NCCOC[C@H](N)C(=O)O. The van der Waals surface area contributed by atoms with E-state index in [1.807, 2.05) is 0 Å². The van der Waals surface area contributed by atoms with Crippen molar-refractivity contribution in [2.45, 2.75) is 103 Å². The van der Waals surface area contributed by atoms with E-state index in [2.05, 4.69) is 12.2 Å². The van der Waals surface area contributed by atoms with E-state index < -0.39 is 12.0 Å². The minimum absolute atomic E-state index is 0.0317. The van der Waals surface area contributed by atoms with Gasteiger partial charge in [-0.1, -0.05) is 84.0 Å². The van der Waals surface area contributed by atoms with Crippen molar-refractivity contribution in [3.8, 4) is 0 Å². The highest BCUT2D eigenvalue weighted by Gasteiger charge is 2.10. The number of carboxylic acids is 1. The summed E-state index contributed by atoms with van der Waals surface area (Å²) in [5, 5.41) is 11.4. The van der Waals surface area contributed by atoms with Gasteiger partial charge in [-0.05, 0) is 6.42 Å². The van der Waals surface area contributed by atoms with Gasteiger partial charge in [0.15, 0.2) is 0 Å². The van der Waals surface area contributed by atoms with Crippen LogP contribution in [0.1, 0.15) is 96.8 Å². The number of carboxylic acid groups (broad SMARTS) is 1. The molecule has 0 aliphatic heterocycles. The van der Waals surface area contributed by atoms with Crippen molar-refractivity contribution in [3.63, 3.8) is 0 Å². The Hall–Kier alpha value is -1.14. The third-order valence-corrected chi connectivity index (χ3v) is 4.69. The number of amides is 1. The first-order valence-electron chi connectivity index (χ1n) is 10.9. The molecule has 0 unspecified atom stereocenters. The zero-order chi connectivity index (χ0) is 20.2. The second-order valence-electron chi connectivity index (χ2n) is 7.36. The molecule has 0 spiro atoms. The molecule has 0 saturated heterocycles. The monoisotopic (exact) mass is 386 g/mol. The maximum absolute atomic E-state index is 11.7. The number of ether oxygens (including phenoxy) is 1. The molecule has 0 radical (unpaired) electrons. The molecule has 0 aromatic rings. The molecular formula is C21H42N2O4. The Balaban J connectivity index is 3.22. The van der Waals surface area contributed by atoms with Crippen LogP contribution in [0.3, 0.4) is 0 Å². The fourth-order valence-corrected chi connectivity index (χ4v) is 2.94. The van der Waals surface area contributed by atoms with Crippen LogP contribution in [0, 0.1) is 0 Å². The van der Waals surface area contributed by atoms with Crippen molar-refractivity contribution in [1.82, 2.24) is 5.32 Å². The molecule has 0 rings (SSSR count). The maximum Gasteiger partial charge on any atom is 0.322 e. The van der Waals surface area contributed by atoms with Gasteiger partial charge in [0.1, 0.15) is 6.04 Å². The summed E-state index contributed by atoms with van der Waals surface area (Å²) < 4.78 is 5.11. The van der Waals surface area contributed by atoms with Gasteiger partial charge in [-0.25, -0.2) is 0 Å². The molecule has 0 heterocycles. The van der Waals surface area contributed by atoms with E-state index in [-0.39, 0.29) is 19.1 Å². The predicted molar refractivity (Wildman–Crippen MR) is 110 cm³/mol. The lowest BCUT2D eigenvalue weighted by molar-refractivity contribution is -0.140. The zero-order valence-corrected chi connectivity index (χ0v) is 17.3. The lowest BCUT2D eigenvalue weighted by Gasteiger charge is -2.08. The van der Waals surface area contributed by atoms with Crippen LogP contribution < -0.4 is 11.1 Å². The third kappa shape index (κ3) is 19.4. The third-order valence-electron chi connectivity index (χ3n) is 4.69. The number of carbonyl (C=O) groups is 2. The molecule has 0 fully saturated rings. The Morgan fingerprint density at radius 1 is 0.889 bits per heavy atom. The van der Waals surface area contributed by atoms with Crippen molar-refractivity contribution in [1.29, 1.82) is 0 Å². The van der Waals surface area contributed by atoms with Gasteiger partial charge in [-0.15, -0.1) is 0 Å². The smallest absolute Gasteiger partial charge is 0.322 e. The molecule has 0 aliphatic carbocycles. The predicted octanol–water partition coefficient (Wildman–Crippen LogP) is 4.01. The summed E-state index contributed by atoms with van der Waals surface area (Å²) in [6.07, 6.45) is 17.4. The van der Waals surface area contributed by atoms with Crippen LogP contribution in [-0.4, -0.2) is 42.8 Å². The normalized spacial score (nSPS) is 12.1. The average molecular weight is 387 g/mol. The summed E-state index contributed by atoms with van der Waals surface area (Å²) in [5.74, 6) is -1.05. The van der Waals surface area contributed by atoms with E-state index in [4.69, 9.17) is 15.6 Å². The van der Waals surface area contributed by atoms with E-state index in [0.717, 1.165) is 12.8 Å². The molecule has 0 aliphatic rings. The second kappa shape index (κ2) is 19.6. The first-order chi connectivity index (χ1) is 13.1. The average Bonchev–Trinajstić information content (AvgIpc) is 2.64. The van der Waals surface area contributed by atoms with Gasteiger partial charge in [-0.2, -0.15) is 0 Å². The molecule has 4 N–H and O–H groups in total. The number of hydrogen-bond donors (Lipinski definition) is 3. The Bertz CT molecular complexity index is 364. The first-order valence-corrected chi connectivity index (χ1v) is 10.9. The standard InChI is InChI=1S/C21H42N2O4/c1-2-3-4-5-6-7-8-9-10-11-12-13-14-15-20(24)23-16-17-27-18-19(22)21(25)26/h19H,2-18,22H2,1H3,(H,23,24)(H,25,26)/t19-/m0/s1. The lowest BCUT2D eigenvalue weighted by Crippen LogP contribution is -2.36. The van der Waals surface area contributed by atoms with Crippen LogP contribution in [0.4, 0.5) is 0 Å². The number of hydrogen-bond acceptors (Lipinski definition) is 4. The molecule has 0 aromatic carbocycles. The number of unbranched alkanes of at least 4 members (excludes halogenated alkanes) is 12. The molecular weight excluding hydrogens is 344 g/mol. The molecule has 6 nitrogen and oxygen atoms in total. The van der Waals surface area contributed by atoms with Gasteiger partial charge >= 0.3 is 5.97 Å². The topological polar surface area (TPSA) is 102 Å². The highest BCUT2D eigenvalue weighted by atomic mass is 16.5. The first kappa shape index (κ1) is 25.9. The van der Waals surface area contributed by atoms with E-state index in [9.17, 15) is 9.59 Å². The van der Waals surface area contributed by atoms with Gasteiger partial charge in [-0.3, -0.25) is 9.59 Å². The van der Waals surface area contributed by atoms with Gasteiger partial charge in [0.05, 0.1) is 13.2 Å². The summed E-state index contributed by atoms with van der Waals surface area (Å²) in [6.45, 7) is 2.89.